The number of methoxy groups -OCH3 is 1. The number of halogens is 2. The van der Waals surface area contributed by atoms with Crippen LogP contribution in [0.5, 0.6) is 17.2 Å². The largest absolute Gasteiger partial charge is 0.493 e. The minimum Gasteiger partial charge on any atom is -0.493 e. The molecule has 0 saturated carbocycles. The Labute approximate surface area is 153 Å². The highest BCUT2D eigenvalue weighted by Gasteiger charge is 2.13. The maximum Gasteiger partial charge on any atom is 0.387 e. The molecule has 0 heterocycles. The predicted octanol–water partition coefficient (Wildman–Crippen LogP) is 2.52. The van der Waals surface area contributed by atoms with Crippen LogP contribution in [0.1, 0.15) is 15.9 Å². The van der Waals surface area contributed by atoms with Crippen LogP contribution < -0.4 is 19.9 Å². The number of esters is 1. The van der Waals surface area contributed by atoms with Gasteiger partial charge in [0.1, 0.15) is 12.4 Å². The van der Waals surface area contributed by atoms with Crippen LogP contribution in [-0.2, 0) is 16.1 Å². The Morgan fingerprint density at radius 1 is 1.07 bits per heavy atom. The average Bonchev–Trinajstić information content (AvgIpc) is 2.65. The van der Waals surface area contributed by atoms with Crippen LogP contribution in [0.15, 0.2) is 42.5 Å². The van der Waals surface area contributed by atoms with Crippen molar-refractivity contribution < 1.29 is 37.3 Å². The van der Waals surface area contributed by atoms with E-state index in [1.807, 2.05) is 0 Å². The van der Waals surface area contributed by atoms with Crippen molar-refractivity contribution in [3.8, 4) is 17.2 Å². The zero-order valence-electron chi connectivity index (χ0n) is 14.3. The Bertz CT molecular complexity index is 795. The molecule has 0 saturated heterocycles. The van der Waals surface area contributed by atoms with Crippen molar-refractivity contribution in [2.75, 3.05) is 13.7 Å². The fourth-order valence-corrected chi connectivity index (χ4v) is 2.07. The summed E-state index contributed by atoms with van der Waals surface area (Å²) in [6.07, 6.45) is 0. The second-order valence-corrected chi connectivity index (χ2v) is 5.22. The fraction of sp³-hybridized carbons (Fsp3) is 0.222. The van der Waals surface area contributed by atoms with E-state index in [1.165, 1.54) is 49.6 Å². The molecule has 0 aliphatic carbocycles. The molecule has 0 unspecified atom stereocenters. The molecule has 0 bridgehead atoms. The Morgan fingerprint density at radius 2 is 1.78 bits per heavy atom. The molecule has 144 valence electrons. The van der Waals surface area contributed by atoms with Gasteiger partial charge in [0.25, 0.3) is 5.91 Å². The second kappa shape index (κ2) is 9.37. The lowest BCUT2D eigenvalue weighted by Crippen LogP contribution is -2.20. The second-order valence-electron chi connectivity index (χ2n) is 5.22. The van der Waals surface area contributed by atoms with Gasteiger partial charge in [-0.2, -0.15) is 8.78 Å². The quantitative estimate of drug-likeness (QED) is 0.671. The van der Waals surface area contributed by atoms with Gasteiger partial charge >= 0.3 is 12.6 Å². The van der Waals surface area contributed by atoms with Crippen LogP contribution in [0, 0.1) is 0 Å². The Morgan fingerprint density at radius 3 is 2.37 bits per heavy atom. The third-order valence-electron chi connectivity index (χ3n) is 3.29. The van der Waals surface area contributed by atoms with Gasteiger partial charge in [0.2, 0.25) is 0 Å². The van der Waals surface area contributed by atoms with Crippen LogP contribution >= 0.6 is 0 Å². The molecule has 0 fully saturated rings. The first kappa shape index (κ1) is 20.0. The number of primary amides is 1. The standard InChI is InChI=1S/C18H17F2NO6/c1-24-15-8-11(2-7-14(15)27-18(19)20)9-26-17(23)12-3-5-13(6-4-12)25-10-16(21)22/h2-8,18H,9-10H2,1H3,(H2,21,22). The summed E-state index contributed by atoms with van der Waals surface area (Å²) in [5.74, 6) is -0.846. The fourth-order valence-electron chi connectivity index (χ4n) is 2.07. The Kier molecular flexibility index (Phi) is 6.93. The Balaban J connectivity index is 1.95. The van der Waals surface area contributed by atoms with Crippen molar-refractivity contribution in [3.05, 3.63) is 53.6 Å². The van der Waals surface area contributed by atoms with Crippen molar-refractivity contribution >= 4 is 11.9 Å². The topological polar surface area (TPSA) is 97.1 Å². The summed E-state index contributed by atoms with van der Waals surface area (Å²) >= 11 is 0. The van der Waals surface area contributed by atoms with Gasteiger partial charge in [-0.25, -0.2) is 4.79 Å². The number of alkyl halides is 2. The average molecular weight is 381 g/mol. The summed E-state index contributed by atoms with van der Waals surface area (Å²) in [6.45, 7) is -3.33. The number of amides is 1. The number of nitrogens with two attached hydrogens (primary N) is 1. The molecule has 27 heavy (non-hydrogen) atoms. The maximum atomic E-state index is 12.3. The van der Waals surface area contributed by atoms with Gasteiger partial charge < -0.3 is 24.7 Å². The number of benzene rings is 2. The highest BCUT2D eigenvalue weighted by molar-refractivity contribution is 5.89. The molecule has 2 aromatic rings. The van der Waals surface area contributed by atoms with Crippen LogP contribution in [0.4, 0.5) is 8.78 Å². The highest BCUT2D eigenvalue weighted by Crippen LogP contribution is 2.29. The normalized spacial score (nSPS) is 10.4. The lowest BCUT2D eigenvalue weighted by atomic mass is 10.2. The zero-order chi connectivity index (χ0) is 19.8. The first-order valence-electron chi connectivity index (χ1n) is 7.69. The number of hydrogen-bond acceptors (Lipinski definition) is 6. The summed E-state index contributed by atoms with van der Waals surface area (Å²) in [4.78, 5) is 22.7. The molecular formula is C18H17F2NO6. The smallest absolute Gasteiger partial charge is 0.387 e. The van der Waals surface area contributed by atoms with Gasteiger partial charge in [0.15, 0.2) is 18.1 Å². The molecule has 2 rings (SSSR count). The van der Waals surface area contributed by atoms with E-state index in [0.717, 1.165) is 0 Å². The SMILES string of the molecule is COc1cc(COC(=O)c2ccc(OCC(N)=O)cc2)ccc1OC(F)F. The highest BCUT2D eigenvalue weighted by atomic mass is 19.3. The number of rotatable bonds is 9. The lowest BCUT2D eigenvalue weighted by Gasteiger charge is -2.12. The van der Waals surface area contributed by atoms with E-state index in [1.54, 1.807) is 0 Å². The summed E-state index contributed by atoms with van der Waals surface area (Å²) in [5.41, 5.74) is 5.78. The molecule has 2 aromatic carbocycles. The number of carbonyl (C=O) groups is 2. The van der Waals surface area contributed by atoms with Gasteiger partial charge in [-0.3, -0.25) is 4.79 Å². The molecule has 0 aliphatic rings. The van der Waals surface area contributed by atoms with Crippen molar-refractivity contribution in [2.45, 2.75) is 13.2 Å². The summed E-state index contributed by atoms with van der Waals surface area (Å²) in [6, 6.07) is 10.2. The minimum absolute atomic E-state index is 0.0932. The molecule has 0 aromatic heterocycles. The van der Waals surface area contributed by atoms with Crippen molar-refractivity contribution in [1.82, 2.24) is 0 Å². The molecule has 0 spiro atoms. The lowest BCUT2D eigenvalue weighted by molar-refractivity contribution is -0.119. The predicted molar refractivity (Wildman–Crippen MR) is 89.9 cm³/mol. The van der Waals surface area contributed by atoms with Crippen molar-refractivity contribution in [3.63, 3.8) is 0 Å². The number of carbonyl (C=O) groups excluding carboxylic acids is 2. The van der Waals surface area contributed by atoms with Gasteiger partial charge in [-0.15, -0.1) is 0 Å². The van der Waals surface area contributed by atoms with Gasteiger partial charge in [-0.1, -0.05) is 6.07 Å². The van der Waals surface area contributed by atoms with E-state index in [0.29, 0.717) is 11.3 Å². The molecule has 0 atom stereocenters. The van der Waals surface area contributed by atoms with E-state index < -0.39 is 18.5 Å². The third kappa shape index (κ3) is 6.14. The minimum atomic E-state index is -2.97. The monoisotopic (exact) mass is 381 g/mol. The van der Waals surface area contributed by atoms with Crippen LogP contribution in [0.2, 0.25) is 0 Å². The third-order valence-corrected chi connectivity index (χ3v) is 3.29. The molecule has 1 amide bonds. The van der Waals surface area contributed by atoms with Crippen molar-refractivity contribution in [2.24, 2.45) is 5.73 Å². The van der Waals surface area contributed by atoms with Crippen LogP contribution in [0.25, 0.3) is 0 Å². The van der Waals surface area contributed by atoms with E-state index in [9.17, 15) is 18.4 Å². The zero-order valence-corrected chi connectivity index (χ0v) is 14.3. The molecule has 2 N–H and O–H groups in total. The van der Waals surface area contributed by atoms with Gasteiger partial charge in [0.05, 0.1) is 12.7 Å². The molecule has 7 nitrogen and oxygen atoms in total. The van der Waals surface area contributed by atoms with Gasteiger partial charge in [-0.05, 0) is 42.0 Å². The summed E-state index contributed by atoms with van der Waals surface area (Å²) in [7, 11) is 1.31. The van der Waals surface area contributed by atoms with Crippen LogP contribution in [0.3, 0.4) is 0 Å². The molecule has 9 heteroatoms. The summed E-state index contributed by atoms with van der Waals surface area (Å²) in [5, 5.41) is 0. The van der Waals surface area contributed by atoms with Gasteiger partial charge in [0, 0.05) is 0 Å². The molecular weight excluding hydrogens is 364 g/mol. The number of ether oxygens (including phenoxy) is 4. The Hall–Kier alpha value is -3.36. The van der Waals surface area contributed by atoms with Crippen molar-refractivity contribution in [1.29, 1.82) is 0 Å². The van der Waals surface area contributed by atoms with Crippen LogP contribution in [-0.4, -0.2) is 32.2 Å². The van der Waals surface area contributed by atoms with E-state index >= 15 is 0 Å². The first-order chi connectivity index (χ1) is 12.9. The van der Waals surface area contributed by atoms with E-state index in [2.05, 4.69) is 4.74 Å². The maximum absolute atomic E-state index is 12.3. The van der Waals surface area contributed by atoms with E-state index in [4.69, 9.17) is 19.9 Å². The first-order valence-corrected chi connectivity index (χ1v) is 7.69. The molecule has 0 radical (unpaired) electrons. The number of hydrogen-bond donors (Lipinski definition) is 1. The van der Waals surface area contributed by atoms with E-state index in [-0.39, 0.29) is 30.3 Å². The molecule has 0 aliphatic heterocycles. The summed E-state index contributed by atoms with van der Waals surface area (Å²) < 4.78 is 44.2.